The number of rotatable bonds is 4. The van der Waals surface area contributed by atoms with Crippen LogP contribution in [-0.4, -0.2) is 61.0 Å². The fourth-order valence-corrected chi connectivity index (χ4v) is 2.52. The molecule has 8 nitrogen and oxygen atoms in total. The lowest BCUT2D eigenvalue weighted by Gasteiger charge is -2.33. The molecular weight excluding hydrogens is 300 g/mol. The van der Waals surface area contributed by atoms with Crippen molar-refractivity contribution in [2.45, 2.75) is 5.92 Å². The number of methoxy groups -OCH3 is 1. The highest BCUT2D eigenvalue weighted by atomic mass is 16.6. The Balaban J connectivity index is 2.32. The molecule has 1 aliphatic rings. The first-order valence-corrected chi connectivity index (χ1v) is 7.17. The molecule has 1 aromatic carbocycles. The summed E-state index contributed by atoms with van der Waals surface area (Å²) in [5, 5.41) is 20.7. The molecule has 2 rings (SSSR count). The van der Waals surface area contributed by atoms with Gasteiger partial charge in [-0.15, -0.1) is 0 Å². The van der Waals surface area contributed by atoms with Crippen molar-refractivity contribution in [1.82, 2.24) is 9.80 Å². The van der Waals surface area contributed by atoms with Crippen LogP contribution in [0.2, 0.25) is 0 Å². The standard InChI is InChI=1S/C15H18N4O4/c1-17-5-7-18(8-6-17)15(20)13(10-16)12-4-3-11(23-2)9-14(12)19(21)22/h3-4,9,13H,5-8H2,1-2H3. The molecule has 1 aromatic rings. The molecule has 23 heavy (non-hydrogen) atoms. The Hall–Kier alpha value is -2.66. The SMILES string of the molecule is COc1ccc(C(C#N)C(=O)N2CCN(C)CC2)c([N+](=O)[O-])c1. The van der Waals surface area contributed by atoms with E-state index in [0.29, 0.717) is 31.9 Å². The molecule has 0 radical (unpaired) electrons. The van der Waals surface area contributed by atoms with Crippen LogP contribution >= 0.6 is 0 Å². The first-order chi connectivity index (χ1) is 11.0. The Kier molecular flexibility index (Phi) is 5.13. The fraction of sp³-hybridized carbons (Fsp3) is 0.467. The van der Waals surface area contributed by atoms with Gasteiger partial charge in [-0.1, -0.05) is 0 Å². The molecule has 0 N–H and O–H groups in total. The molecule has 8 heteroatoms. The predicted molar refractivity (Wildman–Crippen MR) is 82.1 cm³/mol. The second-order valence-corrected chi connectivity index (χ2v) is 5.37. The van der Waals surface area contributed by atoms with Gasteiger partial charge < -0.3 is 14.5 Å². The van der Waals surface area contributed by atoms with Crippen LogP contribution in [0.15, 0.2) is 18.2 Å². The third-order valence-electron chi connectivity index (χ3n) is 3.94. The largest absolute Gasteiger partial charge is 0.497 e. The summed E-state index contributed by atoms with van der Waals surface area (Å²) in [5.41, 5.74) is -0.180. The molecule has 1 fully saturated rings. The Morgan fingerprint density at radius 3 is 2.57 bits per heavy atom. The fourth-order valence-electron chi connectivity index (χ4n) is 2.52. The molecule has 0 aromatic heterocycles. The lowest BCUT2D eigenvalue weighted by Crippen LogP contribution is -2.48. The Bertz CT molecular complexity index is 647. The van der Waals surface area contributed by atoms with Gasteiger partial charge in [-0.25, -0.2) is 0 Å². The van der Waals surface area contributed by atoms with E-state index in [1.165, 1.54) is 25.3 Å². The molecule has 0 aliphatic carbocycles. The highest BCUT2D eigenvalue weighted by Crippen LogP contribution is 2.31. The van der Waals surface area contributed by atoms with E-state index >= 15 is 0 Å². The minimum atomic E-state index is -1.19. The molecule has 1 atom stereocenters. The van der Waals surface area contributed by atoms with Gasteiger partial charge in [-0.2, -0.15) is 5.26 Å². The highest BCUT2D eigenvalue weighted by Gasteiger charge is 2.32. The predicted octanol–water partition coefficient (Wildman–Crippen LogP) is 0.985. The monoisotopic (exact) mass is 318 g/mol. The van der Waals surface area contributed by atoms with Gasteiger partial charge in [-0.05, 0) is 19.2 Å². The summed E-state index contributed by atoms with van der Waals surface area (Å²) < 4.78 is 4.97. The minimum Gasteiger partial charge on any atom is -0.497 e. The van der Waals surface area contributed by atoms with Crippen molar-refractivity contribution in [2.75, 3.05) is 40.3 Å². The summed E-state index contributed by atoms with van der Waals surface area (Å²) in [7, 11) is 3.35. The van der Waals surface area contributed by atoms with Gasteiger partial charge in [0.25, 0.3) is 5.69 Å². The van der Waals surface area contributed by atoms with E-state index in [1.807, 2.05) is 13.1 Å². The molecule has 1 saturated heterocycles. The van der Waals surface area contributed by atoms with Crippen LogP contribution in [0.5, 0.6) is 5.75 Å². The normalized spacial score (nSPS) is 16.5. The first kappa shape index (κ1) is 16.7. The Labute approximate surface area is 134 Å². The average Bonchev–Trinajstić information content (AvgIpc) is 2.56. The second-order valence-electron chi connectivity index (χ2n) is 5.37. The molecule has 0 saturated carbocycles. The molecule has 1 aliphatic heterocycles. The van der Waals surface area contributed by atoms with Crippen LogP contribution in [0.1, 0.15) is 11.5 Å². The third kappa shape index (κ3) is 3.57. The molecule has 0 spiro atoms. The van der Waals surface area contributed by atoms with E-state index in [4.69, 9.17) is 4.74 Å². The van der Waals surface area contributed by atoms with Gasteiger partial charge in [-0.3, -0.25) is 14.9 Å². The lowest BCUT2D eigenvalue weighted by molar-refractivity contribution is -0.385. The molecule has 0 bridgehead atoms. The van der Waals surface area contributed by atoms with Crippen molar-refractivity contribution in [3.8, 4) is 11.8 Å². The highest BCUT2D eigenvalue weighted by molar-refractivity contribution is 5.88. The van der Waals surface area contributed by atoms with Crippen molar-refractivity contribution in [1.29, 1.82) is 5.26 Å². The maximum Gasteiger partial charge on any atom is 0.278 e. The number of carbonyl (C=O) groups is 1. The summed E-state index contributed by atoms with van der Waals surface area (Å²) in [6.07, 6.45) is 0. The number of nitrogens with zero attached hydrogens (tertiary/aromatic N) is 4. The zero-order chi connectivity index (χ0) is 17.0. The van der Waals surface area contributed by atoms with Crippen LogP contribution in [0, 0.1) is 21.4 Å². The number of piperazine rings is 1. The summed E-state index contributed by atoms with van der Waals surface area (Å²) in [6.45, 7) is 2.46. The molecule has 122 valence electrons. The number of nitro benzene ring substituents is 1. The molecule has 1 unspecified atom stereocenters. The van der Waals surface area contributed by atoms with Gasteiger partial charge >= 0.3 is 0 Å². The number of ether oxygens (including phenoxy) is 1. The van der Waals surface area contributed by atoms with Crippen LogP contribution in [-0.2, 0) is 4.79 Å². The van der Waals surface area contributed by atoms with Crippen LogP contribution < -0.4 is 4.74 Å². The van der Waals surface area contributed by atoms with Crippen molar-refractivity contribution < 1.29 is 14.5 Å². The average molecular weight is 318 g/mol. The van der Waals surface area contributed by atoms with E-state index in [-0.39, 0.29) is 11.3 Å². The van der Waals surface area contributed by atoms with Crippen LogP contribution in [0.3, 0.4) is 0 Å². The van der Waals surface area contributed by atoms with Gasteiger partial charge in [0.15, 0.2) is 5.92 Å². The van der Waals surface area contributed by atoms with Gasteiger partial charge in [0.2, 0.25) is 5.91 Å². The maximum absolute atomic E-state index is 12.6. The molecular formula is C15H18N4O4. The maximum atomic E-state index is 12.6. The van der Waals surface area contributed by atoms with Crippen molar-refractivity contribution >= 4 is 11.6 Å². The smallest absolute Gasteiger partial charge is 0.278 e. The topological polar surface area (TPSA) is 99.7 Å². The number of hydrogen-bond acceptors (Lipinski definition) is 6. The van der Waals surface area contributed by atoms with Crippen molar-refractivity contribution in [3.05, 3.63) is 33.9 Å². The van der Waals surface area contributed by atoms with Crippen molar-refractivity contribution in [3.63, 3.8) is 0 Å². The summed E-state index contributed by atoms with van der Waals surface area (Å²) in [4.78, 5) is 26.9. The van der Waals surface area contributed by atoms with E-state index < -0.39 is 16.7 Å². The van der Waals surface area contributed by atoms with E-state index in [0.717, 1.165) is 0 Å². The number of carbonyl (C=O) groups excluding carboxylic acids is 1. The van der Waals surface area contributed by atoms with Gasteiger partial charge in [0.1, 0.15) is 5.75 Å². The molecule has 1 heterocycles. The third-order valence-corrected chi connectivity index (χ3v) is 3.94. The van der Waals surface area contributed by atoms with E-state index in [2.05, 4.69) is 4.90 Å². The minimum absolute atomic E-state index is 0.0993. The zero-order valence-corrected chi connectivity index (χ0v) is 13.1. The lowest BCUT2D eigenvalue weighted by atomic mass is 9.96. The number of nitriles is 1. The number of nitro groups is 1. The Morgan fingerprint density at radius 1 is 1.39 bits per heavy atom. The summed E-state index contributed by atoms with van der Waals surface area (Å²) >= 11 is 0. The summed E-state index contributed by atoms with van der Waals surface area (Å²) in [6, 6.07) is 6.08. The first-order valence-electron chi connectivity index (χ1n) is 7.17. The number of likely N-dealkylation sites (N-methyl/N-ethyl adjacent to an activating group) is 1. The molecule has 1 amide bonds. The van der Waals surface area contributed by atoms with E-state index in [9.17, 15) is 20.2 Å². The van der Waals surface area contributed by atoms with Gasteiger partial charge in [0, 0.05) is 26.2 Å². The van der Waals surface area contributed by atoms with Crippen LogP contribution in [0.4, 0.5) is 5.69 Å². The van der Waals surface area contributed by atoms with Gasteiger partial charge in [0.05, 0.1) is 29.7 Å². The number of benzene rings is 1. The Morgan fingerprint density at radius 2 is 2.04 bits per heavy atom. The second kappa shape index (κ2) is 7.07. The quantitative estimate of drug-likeness (QED) is 0.606. The van der Waals surface area contributed by atoms with Crippen molar-refractivity contribution in [2.24, 2.45) is 0 Å². The van der Waals surface area contributed by atoms with Crippen LogP contribution in [0.25, 0.3) is 0 Å². The summed E-state index contributed by atoms with van der Waals surface area (Å²) in [5.74, 6) is -1.28. The van der Waals surface area contributed by atoms with E-state index in [1.54, 1.807) is 4.90 Å². The number of hydrogen-bond donors (Lipinski definition) is 0. The zero-order valence-electron chi connectivity index (χ0n) is 13.1. The number of amides is 1.